The smallest absolute Gasteiger partial charge is 0.269 e. The number of hydrogen-bond donors (Lipinski definition) is 2. The summed E-state index contributed by atoms with van der Waals surface area (Å²) in [6.07, 6.45) is 1.60. The van der Waals surface area contributed by atoms with Crippen LogP contribution in [0.15, 0.2) is 29.2 Å². The minimum atomic E-state index is -0.386. The van der Waals surface area contributed by atoms with Gasteiger partial charge in [-0.2, -0.15) is 0 Å². The van der Waals surface area contributed by atoms with E-state index in [4.69, 9.17) is 5.73 Å². The van der Waals surface area contributed by atoms with E-state index >= 15 is 0 Å². The van der Waals surface area contributed by atoms with Gasteiger partial charge in [-0.1, -0.05) is 0 Å². The summed E-state index contributed by atoms with van der Waals surface area (Å²) in [6.45, 7) is 3.03. The van der Waals surface area contributed by atoms with Crippen LogP contribution in [0, 0.1) is 11.7 Å². The Bertz CT molecular complexity index is 748. The summed E-state index contributed by atoms with van der Waals surface area (Å²) in [7, 11) is 0. The van der Waals surface area contributed by atoms with E-state index in [2.05, 4.69) is 9.88 Å². The Balaban J connectivity index is 1.78. The Labute approximate surface area is 133 Å². The molecule has 3 N–H and O–H groups in total. The van der Waals surface area contributed by atoms with Gasteiger partial charge in [0.25, 0.3) is 5.56 Å². The lowest BCUT2D eigenvalue weighted by molar-refractivity contribution is 0.0296. The van der Waals surface area contributed by atoms with Crippen molar-refractivity contribution in [3.63, 3.8) is 0 Å². The number of halogens is 1. The average molecular weight is 320 g/mol. The molecule has 0 saturated carbocycles. The van der Waals surface area contributed by atoms with Crippen molar-refractivity contribution in [2.24, 2.45) is 11.7 Å². The number of piperidine rings is 1. The van der Waals surface area contributed by atoms with Gasteiger partial charge in [0.05, 0.1) is 23.3 Å². The molecule has 0 aliphatic carbocycles. The highest BCUT2D eigenvalue weighted by Crippen LogP contribution is 2.17. The maximum absolute atomic E-state index is 13.5. The fourth-order valence-corrected chi connectivity index (χ4v) is 3.14. The van der Waals surface area contributed by atoms with Crippen LogP contribution in [0.3, 0.4) is 0 Å². The van der Waals surface area contributed by atoms with Gasteiger partial charge in [0, 0.05) is 32.1 Å². The van der Waals surface area contributed by atoms with Gasteiger partial charge >= 0.3 is 0 Å². The number of nitrogens with zero attached hydrogens (tertiary/aromatic N) is 3. The minimum absolute atomic E-state index is 0.0621. The maximum Gasteiger partial charge on any atom is 0.269 e. The van der Waals surface area contributed by atoms with E-state index in [1.807, 2.05) is 0 Å². The maximum atomic E-state index is 13.5. The second-order valence-corrected chi connectivity index (χ2v) is 6.03. The molecule has 1 aliphatic rings. The second-order valence-electron chi connectivity index (χ2n) is 6.03. The molecule has 1 aromatic carbocycles. The molecule has 1 fully saturated rings. The Morgan fingerprint density at radius 1 is 1.39 bits per heavy atom. The van der Waals surface area contributed by atoms with Crippen LogP contribution in [-0.4, -0.2) is 51.8 Å². The van der Waals surface area contributed by atoms with E-state index in [1.54, 1.807) is 10.6 Å². The number of benzene rings is 1. The molecule has 124 valence electrons. The molecule has 3 rings (SSSR count). The lowest BCUT2D eigenvalue weighted by atomic mass is 9.95. The van der Waals surface area contributed by atoms with Crippen LogP contribution in [0.2, 0.25) is 0 Å². The van der Waals surface area contributed by atoms with Gasteiger partial charge < -0.3 is 20.3 Å². The van der Waals surface area contributed by atoms with Crippen molar-refractivity contribution in [1.29, 1.82) is 0 Å². The van der Waals surface area contributed by atoms with Crippen molar-refractivity contribution in [2.75, 3.05) is 26.2 Å². The van der Waals surface area contributed by atoms with E-state index in [9.17, 15) is 14.3 Å². The lowest BCUT2D eigenvalue weighted by Gasteiger charge is -2.35. The third-order valence-electron chi connectivity index (χ3n) is 4.53. The van der Waals surface area contributed by atoms with Crippen molar-refractivity contribution >= 4 is 11.0 Å². The highest BCUT2D eigenvalue weighted by atomic mass is 19.1. The summed E-state index contributed by atoms with van der Waals surface area (Å²) in [5.41, 5.74) is 6.55. The number of fused-ring (bicyclic) bond motifs is 1. The molecule has 7 heteroatoms. The van der Waals surface area contributed by atoms with Gasteiger partial charge in [0.15, 0.2) is 0 Å². The van der Waals surface area contributed by atoms with Crippen LogP contribution in [-0.2, 0) is 6.54 Å². The number of nitrogens with two attached hydrogens (primary N) is 1. The average Bonchev–Trinajstić information content (AvgIpc) is 2.55. The predicted octanol–water partition coefficient (Wildman–Crippen LogP) is 0.177. The van der Waals surface area contributed by atoms with Crippen molar-refractivity contribution in [1.82, 2.24) is 14.5 Å². The molecule has 0 radical (unpaired) electrons. The van der Waals surface area contributed by atoms with Crippen LogP contribution in [0.4, 0.5) is 4.39 Å². The molecule has 2 heterocycles. The number of hydrogen-bond acceptors (Lipinski definition) is 5. The quantitative estimate of drug-likeness (QED) is 0.839. The number of likely N-dealkylation sites (tertiary alicyclic amines) is 1. The summed E-state index contributed by atoms with van der Waals surface area (Å²) in [5.74, 6) is -0.324. The van der Waals surface area contributed by atoms with Gasteiger partial charge in [0.1, 0.15) is 5.82 Å². The summed E-state index contributed by atoms with van der Waals surface area (Å²) in [4.78, 5) is 18.3. The minimum Gasteiger partial charge on any atom is -0.393 e. The molecule has 1 aliphatic heterocycles. The molecule has 0 bridgehead atoms. The van der Waals surface area contributed by atoms with Gasteiger partial charge in [-0.3, -0.25) is 4.79 Å². The number of aliphatic hydroxyl groups excluding tert-OH is 1. The Morgan fingerprint density at radius 3 is 3.00 bits per heavy atom. The van der Waals surface area contributed by atoms with E-state index in [-0.39, 0.29) is 23.4 Å². The van der Waals surface area contributed by atoms with Gasteiger partial charge in [-0.05, 0) is 31.2 Å². The van der Waals surface area contributed by atoms with Crippen molar-refractivity contribution in [2.45, 2.75) is 19.1 Å². The first kappa shape index (κ1) is 16.0. The first-order valence-electron chi connectivity index (χ1n) is 7.84. The van der Waals surface area contributed by atoms with Crippen LogP contribution >= 0.6 is 0 Å². The normalized spacial score (nSPS) is 22.6. The number of rotatable bonds is 4. The monoisotopic (exact) mass is 320 g/mol. The number of aromatic nitrogens is 2. The van der Waals surface area contributed by atoms with E-state index in [1.165, 1.54) is 18.3 Å². The third-order valence-corrected chi connectivity index (χ3v) is 4.53. The van der Waals surface area contributed by atoms with Crippen molar-refractivity contribution < 1.29 is 9.50 Å². The molecule has 2 unspecified atom stereocenters. The predicted molar refractivity (Wildman–Crippen MR) is 85.6 cm³/mol. The zero-order valence-corrected chi connectivity index (χ0v) is 12.9. The first-order chi connectivity index (χ1) is 11.1. The molecule has 2 aromatic rings. The molecule has 0 amide bonds. The van der Waals surface area contributed by atoms with Crippen LogP contribution < -0.4 is 11.3 Å². The topological polar surface area (TPSA) is 84.4 Å². The number of aliphatic hydroxyl groups is 1. The first-order valence-corrected chi connectivity index (χ1v) is 7.84. The van der Waals surface area contributed by atoms with E-state index in [0.29, 0.717) is 43.6 Å². The van der Waals surface area contributed by atoms with Gasteiger partial charge in [-0.25, -0.2) is 9.37 Å². The van der Waals surface area contributed by atoms with E-state index < -0.39 is 0 Å². The van der Waals surface area contributed by atoms with Gasteiger partial charge in [-0.15, -0.1) is 0 Å². The molecular formula is C16H21FN4O2. The lowest BCUT2D eigenvalue weighted by Crippen LogP contribution is -2.47. The Hall–Kier alpha value is -1.83. The molecule has 1 aromatic heterocycles. The van der Waals surface area contributed by atoms with Crippen LogP contribution in [0.1, 0.15) is 6.42 Å². The second kappa shape index (κ2) is 6.74. The molecule has 1 saturated heterocycles. The standard InChI is InChI=1S/C16H21FN4O2/c17-12-1-2-13-14(7-12)21(16(23)9-19-13)6-5-20-4-3-15(22)11(8-18)10-20/h1-2,7,9,11,15,22H,3-6,8,10,18H2. The summed E-state index contributed by atoms with van der Waals surface area (Å²) in [6, 6.07) is 4.25. The Morgan fingerprint density at radius 2 is 2.22 bits per heavy atom. The molecule has 2 atom stereocenters. The molecule has 23 heavy (non-hydrogen) atoms. The largest absolute Gasteiger partial charge is 0.393 e. The summed E-state index contributed by atoms with van der Waals surface area (Å²) in [5, 5.41) is 9.88. The van der Waals surface area contributed by atoms with E-state index in [0.717, 1.165) is 6.54 Å². The van der Waals surface area contributed by atoms with Crippen molar-refractivity contribution in [3.05, 3.63) is 40.6 Å². The zero-order valence-electron chi connectivity index (χ0n) is 12.9. The highest BCUT2D eigenvalue weighted by Gasteiger charge is 2.26. The molecular weight excluding hydrogens is 299 g/mol. The third kappa shape index (κ3) is 3.41. The van der Waals surface area contributed by atoms with Gasteiger partial charge in [0.2, 0.25) is 0 Å². The zero-order chi connectivity index (χ0) is 16.4. The van der Waals surface area contributed by atoms with Crippen LogP contribution in [0.25, 0.3) is 11.0 Å². The fraction of sp³-hybridized carbons (Fsp3) is 0.500. The molecule has 0 spiro atoms. The summed E-state index contributed by atoms with van der Waals surface area (Å²) < 4.78 is 15.0. The highest BCUT2D eigenvalue weighted by molar-refractivity contribution is 5.74. The SMILES string of the molecule is NCC1CN(CCn2c(=O)cnc3ccc(F)cc32)CCC1O. The Kier molecular flexibility index (Phi) is 4.70. The molecule has 6 nitrogen and oxygen atoms in total. The van der Waals surface area contributed by atoms with Crippen LogP contribution in [0.5, 0.6) is 0 Å². The van der Waals surface area contributed by atoms with Crippen molar-refractivity contribution in [3.8, 4) is 0 Å². The summed E-state index contributed by atoms with van der Waals surface area (Å²) >= 11 is 0. The fourth-order valence-electron chi connectivity index (χ4n) is 3.14.